The molecule has 1 aromatic carbocycles. The predicted octanol–water partition coefficient (Wildman–Crippen LogP) is 3.02. The first-order valence-electron chi connectivity index (χ1n) is 6.01. The van der Waals surface area contributed by atoms with E-state index in [1.165, 1.54) is 0 Å². The normalized spacial score (nSPS) is 23.8. The lowest BCUT2D eigenvalue weighted by molar-refractivity contribution is -0.111. The topological polar surface area (TPSA) is 38.3 Å². The van der Waals surface area contributed by atoms with Gasteiger partial charge in [-0.3, -0.25) is 4.79 Å². The van der Waals surface area contributed by atoms with Crippen molar-refractivity contribution in [1.29, 1.82) is 0 Å². The van der Waals surface area contributed by atoms with Crippen LogP contribution in [0.2, 0.25) is 0 Å². The Kier molecular flexibility index (Phi) is 2.14. The highest BCUT2D eigenvalue weighted by Crippen LogP contribution is 2.38. The molecular formula is C15H15NO2. The fourth-order valence-corrected chi connectivity index (χ4v) is 2.29. The predicted molar refractivity (Wildman–Crippen MR) is 71.0 cm³/mol. The highest BCUT2D eigenvalue weighted by molar-refractivity contribution is 6.32. The first-order chi connectivity index (χ1) is 8.46. The second kappa shape index (κ2) is 3.48. The summed E-state index contributed by atoms with van der Waals surface area (Å²) in [6.07, 6.45) is 3.85. The van der Waals surface area contributed by atoms with Crippen molar-refractivity contribution >= 4 is 17.2 Å². The molecule has 0 fully saturated rings. The summed E-state index contributed by atoms with van der Waals surface area (Å²) in [6.45, 7) is 5.95. The SMILES string of the molecule is Cc1ccc2c(c1)NC(=O)/C2=C1\C=CC(C)(C)O1. The van der Waals surface area contributed by atoms with Crippen molar-refractivity contribution in [3.63, 3.8) is 0 Å². The summed E-state index contributed by atoms with van der Waals surface area (Å²) < 4.78 is 5.80. The summed E-state index contributed by atoms with van der Waals surface area (Å²) in [5.41, 5.74) is 3.21. The molecule has 3 heteroatoms. The Balaban J connectivity index is 2.14. The number of ether oxygens (including phenoxy) is 1. The van der Waals surface area contributed by atoms with E-state index in [9.17, 15) is 4.79 Å². The summed E-state index contributed by atoms with van der Waals surface area (Å²) in [6, 6.07) is 5.95. The van der Waals surface area contributed by atoms with Crippen LogP contribution in [0.4, 0.5) is 5.69 Å². The van der Waals surface area contributed by atoms with Gasteiger partial charge in [-0.2, -0.15) is 0 Å². The number of amides is 1. The largest absolute Gasteiger partial charge is 0.483 e. The Morgan fingerprint density at radius 3 is 2.72 bits per heavy atom. The molecule has 0 aromatic heterocycles. The second-order valence-electron chi connectivity index (χ2n) is 5.28. The zero-order valence-electron chi connectivity index (χ0n) is 10.7. The number of carbonyl (C=O) groups excluding carboxylic acids is 1. The van der Waals surface area contributed by atoms with Gasteiger partial charge in [0.05, 0.1) is 5.57 Å². The summed E-state index contributed by atoms with van der Waals surface area (Å²) in [7, 11) is 0. The van der Waals surface area contributed by atoms with Crippen molar-refractivity contribution in [2.24, 2.45) is 0 Å². The van der Waals surface area contributed by atoms with Crippen LogP contribution in [0.15, 0.2) is 36.1 Å². The van der Waals surface area contributed by atoms with Crippen molar-refractivity contribution in [2.45, 2.75) is 26.4 Å². The summed E-state index contributed by atoms with van der Waals surface area (Å²) in [4.78, 5) is 12.1. The minimum absolute atomic E-state index is 0.0899. The maximum atomic E-state index is 12.1. The van der Waals surface area contributed by atoms with E-state index >= 15 is 0 Å². The lowest BCUT2D eigenvalue weighted by Gasteiger charge is -2.17. The Bertz CT molecular complexity index is 609. The van der Waals surface area contributed by atoms with Crippen molar-refractivity contribution in [3.8, 4) is 0 Å². The van der Waals surface area contributed by atoms with Gasteiger partial charge in [0.25, 0.3) is 5.91 Å². The van der Waals surface area contributed by atoms with Gasteiger partial charge in [-0.05, 0) is 44.6 Å². The molecule has 0 saturated heterocycles. The molecule has 2 aliphatic heterocycles. The average Bonchev–Trinajstić information content (AvgIpc) is 2.77. The Labute approximate surface area is 106 Å². The molecule has 3 rings (SSSR count). The zero-order valence-corrected chi connectivity index (χ0v) is 10.7. The van der Waals surface area contributed by atoms with Gasteiger partial charge in [0.1, 0.15) is 11.4 Å². The number of nitrogens with one attached hydrogen (secondary N) is 1. The minimum atomic E-state index is -0.337. The number of aryl methyl sites for hydroxylation is 1. The van der Waals surface area contributed by atoms with Crippen LogP contribution in [0.5, 0.6) is 0 Å². The molecule has 92 valence electrons. The molecule has 0 spiro atoms. The van der Waals surface area contributed by atoms with E-state index in [1.54, 1.807) is 0 Å². The fourth-order valence-electron chi connectivity index (χ4n) is 2.29. The molecule has 2 aliphatic rings. The number of hydrogen-bond donors (Lipinski definition) is 1. The molecule has 0 radical (unpaired) electrons. The first kappa shape index (κ1) is 11.1. The van der Waals surface area contributed by atoms with Gasteiger partial charge in [-0.15, -0.1) is 0 Å². The lowest BCUT2D eigenvalue weighted by atomic mass is 10.0. The quantitative estimate of drug-likeness (QED) is 0.709. The van der Waals surface area contributed by atoms with E-state index in [-0.39, 0.29) is 11.5 Å². The van der Waals surface area contributed by atoms with Crippen LogP contribution in [-0.4, -0.2) is 11.5 Å². The molecule has 0 aliphatic carbocycles. The Hall–Kier alpha value is -2.03. The van der Waals surface area contributed by atoms with Crippen LogP contribution in [0, 0.1) is 6.92 Å². The summed E-state index contributed by atoms with van der Waals surface area (Å²) >= 11 is 0. The van der Waals surface area contributed by atoms with Gasteiger partial charge >= 0.3 is 0 Å². The van der Waals surface area contributed by atoms with Gasteiger partial charge in [0.2, 0.25) is 0 Å². The van der Waals surface area contributed by atoms with Crippen LogP contribution in [0.3, 0.4) is 0 Å². The average molecular weight is 241 g/mol. The van der Waals surface area contributed by atoms with Crippen LogP contribution in [0.25, 0.3) is 5.57 Å². The number of carbonyl (C=O) groups is 1. The molecule has 0 atom stereocenters. The second-order valence-corrected chi connectivity index (χ2v) is 5.28. The zero-order chi connectivity index (χ0) is 12.9. The molecule has 3 nitrogen and oxygen atoms in total. The number of benzene rings is 1. The maximum Gasteiger partial charge on any atom is 0.260 e. The first-order valence-corrected chi connectivity index (χ1v) is 6.01. The minimum Gasteiger partial charge on any atom is -0.483 e. The monoisotopic (exact) mass is 241 g/mol. The fraction of sp³-hybridized carbons (Fsp3) is 0.267. The molecular weight excluding hydrogens is 226 g/mol. The van der Waals surface area contributed by atoms with Crippen molar-refractivity contribution in [3.05, 3.63) is 47.2 Å². The highest BCUT2D eigenvalue weighted by atomic mass is 16.5. The van der Waals surface area contributed by atoms with Crippen LogP contribution < -0.4 is 5.32 Å². The van der Waals surface area contributed by atoms with Crippen LogP contribution in [-0.2, 0) is 9.53 Å². The van der Waals surface area contributed by atoms with Crippen molar-refractivity contribution in [2.75, 3.05) is 5.32 Å². The van der Waals surface area contributed by atoms with E-state index in [0.717, 1.165) is 16.8 Å². The number of hydrogen-bond acceptors (Lipinski definition) is 2. The molecule has 1 N–H and O–H groups in total. The van der Waals surface area contributed by atoms with Gasteiger partial charge in [-0.1, -0.05) is 12.1 Å². The van der Waals surface area contributed by atoms with Gasteiger partial charge < -0.3 is 10.1 Å². The van der Waals surface area contributed by atoms with Gasteiger partial charge in [-0.25, -0.2) is 0 Å². The van der Waals surface area contributed by atoms with E-state index in [0.29, 0.717) is 11.3 Å². The molecule has 0 saturated carbocycles. The number of rotatable bonds is 0. The van der Waals surface area contributed by atoms with Crippen molar-refractivity contribution in [1.82, 2.24) is 0 Å². The number of fused-ring (bicyclic) bond motifs is 1. The van der Waals surface area contributed by atoms with E-state index in [1.807, 2.05) is 51.1 Å². The summed E-state index contributed by atoms with van der Waals surface area (Å²) in [5.74, 6) is 0.563. The third-order valence-electron chi connectivity index (χ3n) is 3.18. The Morgan fingerprint density at radius 2 is 2.06 bits per heavy atom. The van der Waals surface area contributed by atoms with Gasteiger partial charge in [0, 0.05) is 11.3 Å². The molecule has 0 unspecified atom stereocenters. The smallest absolute Gasteiger partial charge is 0.260 e. The van der Waals surface area contributed by atoms with Crippen molar-refractivity contribution < 1.29 is 9.53 Å². The number of anilines is 1. The van der Waals surface area contributed by atoms with Gasteiger partial charge in [0.15, 0.2) is 0 Å². The third kappa shape index (κ3) is 1.63. The molecule has 18 heavy (non-hydrogen) atoms. The van der Waals surface area contributed by atoms with E-state index in [2.05, 4.69) is 5.32 Å². The highest BCUT2D eigenvalue weighted by Gasteiger charge is 2.32. The molecule has 0 bridgehead atoms. The number of allylic oxidation sites excluding steroid dienone is 1. The standard InChI is InChI=1S/C15H15NO2/c1-9-4-5-10-11(8-9)16-14(17)13(10)12-6-7-15(2,3)18-12/h4-8H,1-3H3,(H,16,17)/b13-12+. The Morgan fingerprint density at radius 1 is 1.28 bits per heavy atom. The van der Waals surface area contributed by atoms with E-state index in [4.69, 9.17) is 4.74 Å². The lowest BCUT2D eigenvalue weighted by Crippen LogP contribution is -2.16. The molecule has 1 amide bonds. The third-order valence-corrected chi connectivity index (χ3v) is 3.18. The van der Waals surface area contributed by atoms with E-state index < -0.39 is 0 Å². The molecule has 2 heterocycles. The van der Waals surface area contributed by atoms with Crippen LogP contribution >= 0.6 is 0 Å². The summed E-state index contributed by atoms with van der Waals surface area (Å²) in [5, 5.41) is 2.88. The maximum absolute atomic E-state index is 12.1. The van der Waals surface area contributed by atoms with Crippen LogP contribution in [0.1, 0.15) is 25.0 Å². The molecule has 1 aromatic rings.